The normalized spacial score (nSPS) is 17.2. The standard InChI is InChI=1S/C15H17ClN4O3S/c1-3-17-12(21)8-11-14(23)19(2)15(24)20(11)18-13(22)9-4-6-10(16)7-5-9/h4-7,11H,3,8H2,1-2H3,(H,17,21)(H,18,22)/t11-/m1/s1. The van der Waals surface area contributed by atoms with Crippen LogP contribution in [0.25, 0.3) is 0 Å². The van der Waals surface area contributed by atoms with E-state index in [1.165, 1.54) is 17.0 Å². The minimum atomic E-state index is -0.870. The first kappa shape index (κ1) is 18.2. The molecule has 0 bridgehead atoms. The smallest absolute Gasteiger partial charge is 0.269 e. The lowest BCUT2D eigenvalue weighted by Gasteiger charge is -2.23. The van der Waals surface area contributed by atoms with Crippen molar-refractivity contribution in [3.8, 4) is 0 Å². The van der Waals surface area contributed by atoms with Gasteiger partial charge in [0.15, 0.2) is 5.11 Å². The highest BCUT2D eigenvalue weighted by atomic mass is 35.5. The molecule has 0 aromatic heterocycles. The quantitative estimate of drug-likeness (QED) is 0.756. The summed E-state index contributed by atoms with van der Waals surface area (Å²) in [6.07, 6.45) is -0.0992. The number of hydrogen-bond acceptors (Lipinski definition) is 4. The third kappa shape index (κ3) is 3.82. The molecular weight excluding hydrogens is 352 g/mol. The summed E-state index contributed by atoms with van der Waals surface area (Å²) in [4.78, 5) is 37.7. The lowest BCUT2D eigenvalue weighted by molar-refractivity contribution is -0.131. The third-order valence-corrected chi connectivity index (χ3v) is 4.22. The van der Waals surface area contributed by atoms with Gasteiger partial charge in [-0.15, -0.1) is 0 Å². The third-order valence-electron chi connectivity index (χ3n) is 3.50. The maximum atomic E-state index is 12.3. The highest BCUT2D eigenvalue weighted by Crippen LogP contribution is 2.18. The van der Waals surface area contributed by atoms with E-state index in [1.54, 1.807) is 31.2 Å². The summed E-state index contributed by atoms with van der Waals surface area (Å²) in [6.45, 7) is 2.24. The van der Waals surface area contributed by atoms with Gasteiger partial charge in [0.2, 0.25) is 5.91 Å². The average molecular weight is 369 g/mol. The van der Waals surface area contributed by atoms with E-state index in [0.717, 1.165) is 0 Å². The molecule has 1 aliphatic heterocycles. The molecule has 1 atom stereocenters. The number of nitrogens with zero attached hydrogens (tertiary/aromatic N) is 2. The Morgan fingerprint density at radius 2 is 1.92 bits per heavy atom. The van der Waals surface area contributed by atoms with E-state index in [-0.39, 0.29) is 23.3 Å². The zero-order chi connectivity index (χ0) is 17.9. The van der Waals surface area contributed by atoms with Crippen molar-refractivity contribution >= 4 is 46.7 Å². The number of thiocarbonyl (C=S) groups is 1. The minimum Gasteiger partial charge on any atom is -0.356 e. The fraction of sp³-hybridized carbons (Fsp3) is 0.333. The Hall–Kier alpha value is -2.19. The number of nitrogens with one attached hydrogen (secondary N) is 2. The van der Waals surface area contributed by atoms with Crippen LogP contribution in [0.5, 0.6) is 0 Å². The maximum absolute atomic E-state index is 12.3. The average Bonchev–Trinajstić information content (AvgIpc) is 2.74. The second-order valence-corrected chi connectivity index (χ2v) is 5.97. The van der Waals surface area contributed by atoms with E-state index in [4.69, 9.17) is 23.8 Å². The predicted molar refractivity (Wildman–Crippen MR) is 93.2 cm³/mol. The number of carbonyl (C=O) groups excluding carboxylic acids is 3. The monoisotopic (exact) mass is 368 g/mol. The van der Waals surface area contributed by atoms with Crippen LogP contribution in [0.2, 0.25) is 5.02 Å². The lowest BCUT2D eigenvalue weighted by atomic mass is 10.2. The van der Waals surface area contributed by atoms with Crippen LogP contribution in [0.15, 0.2) is 24.3 Å². The molecule has 0 unspecified atom stereocenters. The van der Waals surface area contributed by atoms with Gasteiger partial charge in [-0.2, -0.15) is 0 Å². The number of rotatable bonds is 5. The largest absolute Gasteiger partial charge is 0.356 e. The van der Waals surface area contributed by atoms with E-state index in [0.29, 0.717) is 17.1 Å². The van der Waals surface area contributed by atoms with Gasteiger partial charge in [-0.3, -0.25) is 24.7 Å². The van der Waals surface area contributed by atoms with Crippen molar-refractivity contribution in [3.05, 3.63) is 34.9 Å². The van der Waals surface area contributed by atoms with E-state index < -0.39 is 11.9 Å². The first-order chi connectivity index (χ1) is 11.3. The molecule has 2 rings (SSSR count). The van der Waals surface area contributed by atoms with E-state index in [2.05, 4.69) is 10.7 Å². The molecule has 9 heteroatoms. The minimum absolute atomic E-state index is 0.0992. The molecule has 2 N–H and O–H groups in total. The first-order valence-corrected chi connectivity index (χ1v) is 8.07. The van der Waals surface area contributed by atoms with Crippen LogP contribution in [0.1, 0.15) is 23.7 Å². The van der Waals surface area contributed by atoms with Crippen LogP contribution in [0.4, 0.5) is 0 Å². The van der Waals surface area contributed by atoms with Crippen molar-refractivity contribution in [1.29, 1.82) is 0 Å². The summed E-state index contributed by atoms with van der Waals surface area (Å²) in [5.41, 5.74) is 2.95. The Kier molecular flexibility index (Phi) is 5.74. The van der Waals surface area contributed by atoms with Gasteiger partial charge in [-0.1, -0.05) is 11.6 Å². The van der Waals surface area contributed by atoms with Gasteiger partial charge in [0.1, 0.15) is 6.04 Å². The van der Waals surface area contributed by atoms with Crippen LogP contribution in [-0.2, 0) is 9.59 Å². The van der Waals surface area contributed by atoms with Crippen LogP contribution in [0, 0.1) is 0 Å². The molecule has 7 nitrogen and oxygen atoms in total. The molecule has 1 aliphatic rings. The molecule has 1 fully saturated rings. The molecule has 1 aromatic rings. The molecule has 1 heterocycles. The maximum Gasteiger partial charge on any atom is 0.269 e. The van der Waals surface area contributed by atoms with Gasteiger partial charge in [0.05, 0.1) is 6.42 Å². The molecule has 128 valence electrons. The molecule has 0 aliphatic carbocycles. The molecule has 1 aromatic carbocycles. The summed E-state index contributed by atoms with van der Waals surface area (Å²) in [5, 5.41) is 4.52. The van der Waals surface area contributed by atoms with Gasteiger partial charge < -0.3 is 5.32 Å². The van der Waals surface area contributed by atoms with E-state index in [9.17, 15) is 14.4 Å². The number of hydrogen-bond donors (Lipinski definition) is 2. The van der Waals surface area contributed by atoms with Gasteiger partial charge >= 0.3 is 0 Å². The Morgan fingerprint density at radius 1 is 1.29 bits per heavy atom. The van der Waals surface area contributed by atoms with Crippen molar-refractivity contribution in [1.82, 2.24) is 20.7 Å². The van der Waals surface area contributed by atoms with Crippen molar-refractivity contribution < 1.29 is 14.4 Å². The van der Waals surface area contributed by atoms with Gasteiger partial charge in [-0.25, -0.2) is 5.01 Å². The van der Waals surface area contributed by atoms with Gasteiger partial charge in [0.25, 0.3) is 11.8 Å². The van der Waals surface area contributed by atoms with Crippen LogP contribution >= 0.6 is 23.8 Å². The van der Waals surface area contributed by atoms with E-state index >= 15 is 0 Å². The number of halogens is 1. The number of carbonyl (C=O) groups is 3. The molecule has 0 spiro atoms. The van der Waals surface area contributed by atoms with Gasteiger partial charge in [-0.05, 0) is 43.4 Å². The first-order valence-electron chi connectivity index (χ1n) is 7.29. The number of hydrazine groups is 1. The summed E-state index contributed by atoms with van der Waals surface area (Å²) < 4.78 is 0. The summed E-state index contributed by atoms with van der Waals surface area (Å²) in [7, 11) is 1.50. The topological polar surface area (TPSA) is 81.8 Å². The van der Waals surface area contributed by atoms with E-state index in [1.807, 2.05) is 0 Å². The van der Waals surface area contributed by atoms with Crippen molar-refractivity contribution in [2.45, 2.75) is 19.4 Å². The predicted octanol–water partition coefficient (Wildman–Crippen LogP) is 0.939. The number of likely N-dealkylation sites (N-methyl/N-ethyl adjacent to an activating group) is 1. The van der Waals surface area contributed by atoms with Crippen LogP contribution < -0.4 is 10.7 Å². The van der Waals surface area contributed by atoms with Crippen molar-refractivity contribution in [3.63, 3.8) is 0 Å². The van der Waals surface area contributed by atoms with Crippen LogP contribution in [-0.4, -0.2) is 52.4 Å². The van der Waals surface area contributed by atoms with Crippen molar-refractivity contribution in [2.75, 3.05) is 13.6 Å². The Labute approximate surface area is 149 Å². The summed E-state index contributed by atoms with van der Waals surface area (Å²) >= 11 is 11.0. The molecule has 1 saturated heterocycles. The summed E-state index contributed by atoms with van der Waals surface area (Å²) in [5.74, 6) is -1.08. The molecule has 3 amide bonds. The second-order valence-electron chi connectivity index (χ2n) is 5.17. The molecule has 0 radical (unpaired) electrons. The zero-order valence-corrected chi connectivity index (χ0v) is 14.8. The number of benzene rings is 1. The number of amides is 3. The Morgan fingerprint density at radius 3 is 2.50 bits per heavy atom. The highest BCUT2D eigenvalue weighted by Gasteiger charge is 2.42. The fourth-order valence-electron chi connectivity index (χ4n) is 2.25. The molecule has 24 heavy (non-hydrogen) atoms. The Bertz CT molecular complexity index is 680. The Balaban J connectivity index is 2.16. The summed E-state index contributed by atoms with van der Waals surface area (Å²) in [6, 6.07) is 5.41. The SMILES string of the molecule is CCNC(=O)C[C@@H]1C(=O)N(C)C(=S)N1NC(=O)c1ccc(Cl)cc1. The lowest BCUT2D eigenvalue weighted by Crippen LogP contribution is -2.50. The zero-order valence-electron chi connectivity index (χ0n) is 13.2. The second kappa shape index (κ2) is 7.59. The molecule has 0 saturated carbocycles. The van der Waals surface area contributed by atoms with Gasteiger partial charge in [0, 0.05) is 24.2 Å². The molecular formula is C15H17ClN4O3S. The van der Waals surface area contributed by atoms with Crippen LogP contribution in [0.3, 0.4) is 0 Å². The highest BCUT2D eigenvalue weighted by molar-refractivity contribution is 7.80. The fourth-order valence-corrected chi connectivity index (χ4v) is 2.64. The van der Waals surface area contributed by atoms with Crippen molar-refractivity contribution in [2.24, 2.45) is 0 Å².